The second kappa shape index (κ2) is 5.10. The molecular weight excluding hydrogens is 312 g/mol. The molecule has 0 spiro atoms. The van der Waals surface area contributed by atoms with Crippen molar-refractivity contribution < 1.29 is 0 Å². The Morgan fingerprint density at radius 3 is 0.654 bits per heavy atom. The van der Waals surface area contributed by atoms with Gasteiger partial charge in [-0.1, -0.05) is 36.4 Å². The van der Waals surface area contributed by atoms with E-state index in [1.165, 1.54) is 33.4 Å². The third-order valence-corrected chi connectivity index (χ3v) is 6.90. The Labute approximate surface area is 156 Å². The van der Waals surface area contributed by atoms with E-state index in [1.54, 1.807) is 33.4 Å². The highest BCUT2D eigenvalue weighted by atomic mass is 14.5. The van der Waals surface area contributed by atoms with Crippen molar-refractivity contribution in [3.05, 3.63) is 103 Å². The Hall–Kier alpha value is -2.34. The van der Waals surface area contributed by atoms with Crippen LogP contribution in [0.2, 0.25) is 0 Å². The highest BCUT2D eigenvalue weighted by molar-refractivity contribution is 5.74. The molecule has 26 heavy (non-hydrogen) atoms. The third-order valence-electron chi connectivity index (χ3n) is 6.90. The zero-order valence-electron chi connectivity index (χ0n) is 16.6. The lowest BCUT2D eigenvalue weighted by Crippen LogP contribution is -2.32. The van der Waals surface area contributed by atoms with Crippen molar-refractivity contribution in [2.24, 2.45) is 0 Å². The van der Waals surface area contributed by atoms with Gasteiger partial charge in [0.15, 0.2) is 0 Å². The van der Waals surface area contributed by atoms with Crippen LogP contribution in [0.5, 0.6) is 0 Å². The second-order valence-electron chi connectivity index (χ2n) is 8.45. The Balaban J connectivity index is 2.03. The molecule has 0 saturated carbocycles. The van der Waals surface area contributed by atoms with Gasteiger partial charge < -0.3 is 0 Å². The first kappa shape index (κ1) is 15.9. The van der Waals surface area contributed by atoms with Crippen molar-refractivity contribution in [2.75, 3.05) is 0 Å². The van der Waals surface area contributed by atoms with Crippen molar-refractivity contribution in [2.45, 2.75) is 53.4 Å². The van der Waals surface area contributed by atoms with E-state index in [0.29, 0.717) is 11.8 Å². The molecule has 3 aliphatic rings. The van der Waals surface area contributed by atoms with E-state index in [9.17, 15) is 0 Å². The van der Waals surface area contributed by atoms with Gasteiger partial charge in [0.2, 0.25) is 0 Å². The summed E-state index contributed by atoms with van der Waals surface area (Å²) < 4.78 is 0. The molecule has 2 bridgehead atoms. The summed E-state index contributed by atoms with van der Waals surface area (Å²) in [6.45, 7) is 13.8. The van der Waals surface area contributed by atoms with Crippen LogP contribution < -0.4 is 0 Å². The van der Waals surface area contributed by atoms with Crippen LogP contribution >= 0.6 is 0 Å². The largest absolute Gasteiger partial charge is 0.0587 e. The molecule has 0 aliphatic heterocycles. The lowest BCUT2D eigenvalue weighted by atomic mass is 9.56. The maximum Gasteiger partial charge on any atom is 0.0357 e. The fourth-order valence-corrected chi connectivity index (χ4v) is 5.73. The summed E-state index contributed by atoms with van der Waals surface area (Å²) >= 11 is 0. The highest BCUT2D eigenvalue weighted by Gasteiger charge is 2.45. The van der Waals surface area contributed by atoms with Gasteiger partial charge in [-0.15, -0.1) is 0 Å². The molecule has 0 amide bonds. The van der Waals surface area contributed by atoms with E-state index in [4.69, 9.17) is 0 Å². The molecule has 0 heterocycles. The smallest absolute Gasteiger partial charge is 0.0357 e. The molecule has 130 valence electrons. The molecular formula is C26H26. The van der Waals surface area contributed by atoms with Gasteiger partial charge in [-0.3, -0.25) is 0 Å². The van der Waals surface area contributed by atoms with Crippen LogP contribution in [-0.2, 0) is 0 Å². The zero-order chi connectivity index (χ0) is 18.3. The third kappa shape index (κ3) is 1.75. The molecule has 0 atom stereocenters. The lowest BCUT2D eigenvalue weighted by Gasteiger charge is -2.46. The van der Waals surface area contributed by atoms with Gasteiger partial charge in [-0.2, -0.15) is 0 Å². The van der Waals surface area contributed by atoms with E-state index < -0.39 is 0 Å². The van der Waals surface area contributed by atoms with Crippen LogP contribution in [0.25, 0.3) is 0 Å². The predicted octanol–water partition coefficient (Wildman–Crippen LogP) is 6.52. The van der Waals surface area contributed by atoms with Gasteiger partial charge >= 0.3 is 0 Å². The van der Waals surface area contributed by atoms with E-state index in [0.717, 1.165) is 0 Å². The van der Waals surface area contributed by atoms with Crippen LogP contribution in [0.4, 0.5) is 0 Å². The molecule has 0 unspecified atom stereocenters. The second-order valence-corrected chi connectivity index (χ2v) is 8.45. The van der Waals surface area contributed by atoms with Gasteiger partial charge in [-0.05, 0) is 108 Å². The van der Waals surface area contributed by atoms with Crippen LogP contribution in [0.15, 0.2) is 36.4 Å². The molecule has 3 aliphatic carbocycles. The summed E-state index contributed by atoms with van der Waals surface area (Å²) in [6.07, 6.45) is 0. The molecule has 0 aromatic heterocycles. The molecule has 0 fully saturated rings. The topological polar surface area (TPSA) is 0 Å². The molecule has 0 nitrogen and oxygen atoms in total. The van der Waals surface area contributed by atoms with Gasteiger partial charge in [0.1, 0.15) is 0 Å². The van der Waals surface area contributed by atoms with Crippen LogP contribution in [0.3, 0.4) is 0 Å². The molecule has 0 N–H and O–H groups in total. The summed E-state index contributed by atoms with van der Waals surface area (Å²) in [5.41, 5.74) is 18.1. The minimum Gasteiger partial charge on any atom is -0.0587 e. The lowest BCUT2D eigenvalue weighted by molar-refractivity contribution is 0.722. The van der Waals surface area contributed by atoms with Gasteiger partial charge in [-0.25, -0.2) is 0 Å². The summed E-state index contributed by atoms with van der Waals surface area (Å²) in [4.78, 5) is 0. The Bertz CT molecular complexity index is 869. The minimum atomic E-state index is 0.389. The van der Waals surface area contributed by atoms with Crippen molar-refractivity contribution in [1.29, 1.82) is 0 Å². The number of rotatable bonds is 0. The van der Waals surface area contributed by atoms with E-state index in [1.807, 2.05) is 0 Å². The summed E-state index contributed by atoms with van der Waals surface area (Å²) in [7, 11) is 0. The van der Waals surface area contributed by atoms with E-state index in [2.05, 4.69) is 77.9 Å². The first-order valence-corrected chi connectivity index (χ1v) is 9.71. The van der Waals surface area contributed by atoms with Gasteiger partial charge in [0.25, 0.3) is 0 Å². The first-order valence-electron chi connectivity index (χ1n) is 9.71. The normalized spacial score (nSPS) is 19.2. The summed E-state index contributed by atoms with van der Waals surface area (Å²) in [5, 5.41) is 0. The minimum absolute atomic E-state index is 0.389. The Morgan fingerprint density at radius 1 is 0.346 bits per heavy atom. The fourth-order valence-electron chi connectivity index (χ4n) is 5.73. The maximum atomic E-state index is 2.32. The van der Waals surface area contributed by atoms with Crippen molar-refractivity contribution in [3.8, 4) is 0 Å². The van der Waals surface area contributed by atoms with Crippen molar-refractivity contribution in [3.63, 3.8) is 0 Å². The monoisotopic (exact) mass is 338 g/mol. The molecule has 0 heteroatoms. The molecule has 3 aromatic rings. The maximum absolute atomic E-state index is 2.32. The number of aryl methyl sites for hydroxylation is 6. The molecule has 0 saturated heterocycles. The molecule has 3 aromatic carbocycles. The number of hydrogen-bond acceptors (Lipinski definition) is 0. The quantitative estimate of drug-likeness (QED) is 0.301. The molecule has 0 radical (unpaired) electrons. The van der Waals surface area contributed by atoms with Gasteiger partial charge in [0, 0.05) is 11.8 Å². The first-order chi connectivity index (χ1) is 12.4. The zero-order valence-corrected chi connectivity index (χ0v) is 16.6. The van der Waals surface area contributed by atoms with Gasteiger partial charge in [0.05, 0.1) is 0 Å². The SMILES string of the molecule is Cc1ccc(C)c2c1C1c3c(C)ccc(C)c3C2c2c(C)ccc(C)c21. The van der Waals surface area contributed by atoms with E-state index >= 15 is 0 Å². The highest BCUT2D eigenvalue weighted by Crippen LogP contribution is 2.60. The van der Waals surface area contributed by atoms with E-state index in [-0.39, 0.29) is 0 Å². The molecule has 6 rings (SSSR count). The Morgan fingerprint density at radius 2 is 0.500 bits per heavy atom. The average molecular weight is 338 g/mol. The summed E-state index contributed by atoms with van der Waals surface area (Å²) in [5.74, 6) is 0.777. The predicted molar refractivity (Wildman–Crippen MR) is 110 cm³/mol. The summed E-state index contributed by atoms with van der Waals surface area (Å²) in [6, 6.07) is 13.9. The number of hydrogen-bond donors (Lipinski definition) is 0. The van der Waals surface area contributed by atoms with Crippen LogP contribution in [-0.4, -0.2) is 0 Å². The van der Waals surface area contributed by atoms with Crippen LogP contribution in [0.1, 0.15) is 78.6 Å². The fraction of sp³-hybridized carbons (Fsp3) is 0.308. The van der Waals surface area contributed by atoms with Crippen molar-refractivity contribution >= 4 is 0 Å². The average Bonchev–Trinajstić information content (AvgIpc) is 2.63. The van der Waals surface area contributed by atoms with Crippen LogP contribution in [0, 0.1) is 41.5 Å². The standard InChI is InChI=1S/C26H26/c1-13-7-8-14(2)20-19(13)25-21-15(3)9-11-17(5)23(21)26(20)24-18(6)12-10-16(4)22(24)25/h7-12,25-26H,1-6H3. The number of benzene rings is 3. The Kier molecular flexibility index (Phi) is 3.11. The van der Waals surface area contributed by atoms with Crippen molar-refractivity contribution in [1.82, 2.24) is 0 Å².